The number of carboxylic acid groups (broad SMARTS) is 1. The number of hydrogen-bond donors (Lipinski definition) is 1. The summed E-state index contributed by atoms with van der Waals surface area (Å²) in [7, 11) is 0. The van der Waals surface area contributed by atoms with Gasteiger partial charge in [0.2, 0.25) is 5.91 Å². The highest BCUT2D eigenvalue weighted by Crippen LogP contribution is 2.35. The third-order valence-corrected chi connectivity index (χ3v) is 4.20. The Morgan fingerprint density at radius 2 is 1.75 bits per heavy atom. The number of nitrogens with zero attached hydrogens (tertiary/aromatic N) is 1. The van der Waals surface area contributed by atoms with Crippen molar-refractivity contribution in [2.75, 3.05) is 26.3 Å². The quantitative estimate of drug-likeness (QED) is 0.889. The average Bonchev–Trinajstić information content (AvgIpc) is 2.54. The second-order valence-electron chi connectivity index (χ2n) is 5.74. The molecule has 1 aliphatic heterocycles. The van der Waals surface area contributed by atoms with E-state index in [1.807, 2.05) is 0 Å². The van der Waals surface area contributed by atoms with Crippen molar-refractivity contribution in [3.05, 3.63) is 35.9 Å². The molecule has 1 fully saturated rings. The van der Waals surface area contributed by atoms with Crippen LogP contribution in [0.3, 0.4) is 0 Å². The number of halogens is 3. The summed E-state index contributed by atoms with van der Waals surface area (Å²) < 4.78 is 40.4. The lowest BCUT2D eigenvalue weighted by atomic mass is 9.73. The molecule has 0 aromatic heterocycles. The molecule has 0 bridgehead atoms. The van der Waals surface area contributed by atoms with E-state index in [0.717, 1.165) is 0 Å². The predicted octanol–water partition coefficient (Wildman–Crippen LogP) is 2.21. The van der Waals surface area contributed by atoms with Gasteiger partial charge in [0, 0.05) is 13.1 Å². The van der Waals surface area contributed by atoms with Crippen molar-refractivity contribution >= 4 is 11.9 Å². The first-order valence-corrected chi connectivity index (χ1v) is 7.46. The molecule has 1 aliphatic rings. The third kappa shape index (κ3) is 4.25. The van der Waals surface area contributed by atoms with Gasteiger partial charge in [-0.15, -0.1) is 0 Å². The summed E-state index contributed by atoms with van der Waals surface area (Å²) in [6.45, 7) is -1.81. The molecule has 1 saturated heterocycles. The fourth-order valence-electron chi connectivity index (χ4n) is 2.87. The molecule has 1 amide bonds. The number of aliphatic carboxylic acids is 1. The van der Waals surface area contributed by atoms with E-state index < -0.39 is 36.7 Å². The van der Waals surface area contributed by atoms with Gasteiger partial charge in [0.1, 0.15) is 13.2 Å². The lowest BCUT2D eigenvalue weighted by molar-refractivity contribution is -0.178. The molecular formula is C16H18F3NO4. The van der Waals surface area contributed by atoms with Gasteiger partial charge in [-0.1, -0.05) is 30.3 Å². The topological polar surface area (TPSA) is 66.8 Å². The molecule has 0 spiro atoms. The van der Waals surface area contributed by atoms with Crippen molar-refractivity contribution in [1.82, 2.24) is 4.90 Å². The van der Waals surface area contributed by atoms with Crippen molar-refractivity contribution < 1.29 is 32.6 Å². The fraction of sp³-hybridized carbons (Fsp3) is 0.500. The van der Waals surface area contributed by atoms with Crippen LogP contribution >= 0.6 is 0 Å². The molecule has 0 aliphatic carbocycles. The van der Waals surface area contributed by atoms with Crippen LogP contribution in [0, 0.1) is 0 Å². The Morgan fingerprint density at radius 1 is 1.17 bits per heavy atom. The Morgan fingerprint density at radius 3 is 2.25 bits per heavy atom. The van der Waals surface area contributed by atoms with Gasteiger partial charge in [-0.3, -0.25) is 9.59 Å². The molecule has 24 heavy (non-hydrogen) atoms. The Kier molecular flexibility index (Phi) is 5.48. The largest absolute Gasteiger partial charge is 0.481 e. The van der Waals surface area contributed by atoms with Crippen LogP contribution in [-0.4, -0.2) is 54.4 Å². The minimum Gasteiger partial charge on any atom is -0.481 e. The number of alkyl halides is 3. The molecule has 1 aromatic carbocycles. The van der Waals surface area contributed by atoms with Gasteiger partial charge < -0.3 is 14.7 Å². The molecule has 5 nitrogen and oxygen atoms in total. The van der Waals surface area contributed by atoms with Gasteiger partial charge in [-0.2, -0.15) is 13.2 Å². The molecule has 1 N–H and O–H groups in total. The minimum atomic E-state index is -4.48. The molecule has 2 rings (SSSR count). The second kappa shape index (κ2) is 7.21. The standard InChI is InChI=1S/C16H18F3NO4/c17-16(18,19)11-24-10-13(21)20-8-6-15(7-9-20,14(22)23)12-4-2-1-3-5-12/h1-5H,6-11H2,(H,22,23). The van der Waals surface area contributed by atoms with Crippen molar-refractivity contribution in [3.63, 3.8) is 0 Å². The monoisotopic (exact) mass is 345 g/mol. The van der Waals surface area contributed by atoms with Gasteiger partial charge in [-0.25, -0.2) is 0 Å². The molecule has 0 unspecified atom stereocenters. The number of amides is 1. The summed E-state index contributed by atoms with van der Waals surface area (Å²) in [6, 6.07) is 8.76. The molecule has 0 saturated carbocycles. The summed E-state index contributed by atoms with van der Waals surface area (Å²) in [5.41, 5.74) is -0.414. The van der Waals surface area contributed by atoms with Crippen LogP contribution in [0.5, 0.6) is 0 Å². The van der Waals surface area contributed by atoms with Crippen LogP contribution in [0.2, 0.25) is 0 Å². The van der Waals surface area contributed by atoms with Gasteiger partial charge in [0.15, 0.2) is 0 Å². The number of ether oxygens (including phenoxy) is 1. The van der Waals surface area contributed by atoms with E-state index in [4.69, 9.17) is 0 Å². The zero-order valence-corrected chi connectivity index (χ0v) is 12.9. The Labute approximate surface area is 137 Å². The normalized spacial score (nSPS) is 17.5. The summed E-state index contributed by atoms with van der Waals surface area (Å²) in [5.74, 6) is -1.53. The van der Waals surface area contributed by atoms with E-state index in [0.29, 0.717) is 5.56 Å². The highest BCUT2D eigenvalue weighted by atomic mass is 19.4. The van der Waals surface area contributed by atoms with E-state index >= 15 is 0 Å². The molecule has 0 atom stereocenters. The van der Waals surface area contributed by atoms with Crippen LogP contribution in [-0.2, 0) is 19.7 Å². The maximum atomic E-state index is 12.0. The number of carboxylic acids is 1. The van der Waals surface area contributed by atoms with Crippen molar-refractivity contribution in [2.45, 2.75) is 24.4 Å². The van der Waals surface area contributed by atoms with Gasteiger partial charge in [-0.05, 0) is 18.4 Å². The lowest BCUT2D eigenvalue weighted by Crippen LogP contribution is -2.49. The average molecular weight is 345 g/mol. The minimum absolute atomic E-state index is 0.162. The summed E-state index contributed by atoms with van der Waals surface area (Å²) >= 11 is 0. The zero-order chi connectivity index (χ0) is 17.8. The molecular weight excluding hydrogens is 327 g/mol. The molecule has 132 valence electrons. The number of carbonyl (C=O) groups is 2. The van der Waals surface area contributed by atoms with E-state index in [1.54, 1.807) is 30.3 Å². The van der Waals surface area contributed by atoms with Gasteiger partial charge in [0.05, 0.1) is 5.41 Å². The fourth-order valence-corrected chi connectivity index (χ4v) is 2.87. The van der Waals surface area contributed by atoms with Gasteiger partial charge in [0.25, 0.3) is 0 Å². The molecule has 0 radical (unpaired) electrons. The smallest absolute Gasteiger partial charge is 0.411 e. The molecule has 1 heterocycles. The second-order valence-corrected chi connectivity index (χ2v) is 5.74. The number of piperidine rings is 1. The highest BCUT2D eigenvalue weighted by molar-refractivity contribution is 5.83. The Balaban J connectivity index is 1.96. The van der Waals surface area contributed by atoms with E-state index in [2.05, 4.69) is 4.74 Å². The number of hydrogen-bond acceptors (Lipinski definition) is 3. The van der Waals surface area contributed by atoms with Crippen LogP contribution in [0.15, 0.2) is 30.3 Å². The first-order chi connectivity index (χ1) is 11.2. The van der Waals surface area contributed by atoms with E-state index in [1.165, 1.54) is 4.90 Å². The summed E-state index contributed by atoms with van der Waals surface area (Å²) in [6.07, 6.45) is -4.07. The van der Waals surface area contributed by atoms with Crippen molar-refractivity contribution in [3.8, 4) is 0 Å². The van der Waals surface area contributed by atoms with E-state index in [-0.39, 0.29) is 25.9 Å². The number of rotatable bonds is 5. The maximum absolute atomic E-state index is 12.0. The third-order valence-electron chi connectivity index (χ3n) is 4.20. The molecule has 1 aromatic rings. The van der Waals surface area contributed by atoms with Crippen molar-refractivity contribution in [1.29, 1.82) is 0 Å². The first-order valence-electron chi connectivity index (χ1n) is 7.46. The first kappa shape index (κ1) is 18.3. The summed E-state index contributed by atoms with van der Waals surface area (Å²) in [5, 5.41) is 9.64. The summed E-state index contributed by atoms with van der Waals surface area (Å²) in [4.78, 5) is 25.0. The van der Waals surface area contributed by atoms with Crippen LogP contribution in [0.1, 0.15) is 18.4 Å². The van der Waals surface area contributed by atoms with E-state index in [9.17, 15) is 27.9 Å². The number of carbonyl (C=O) groups excluding carboxylic acids is 1. The molecule has 8 heteroatoms. The predicted molar refractivity (Wildman–Crippen MR) is 78.4 cm³/mol. The van der Waals surface area contributed by atoms with Crippen LogP contribution < -0.4 is 0 Å². The maximum Gasteiger partial charge on any atom is 0.411 e. The SMILES string of the molecule is O=C(COCC(F)(F)F)N1CCC(C(=O)O)(c2ccccc2)CC1. The van der Waals surface area contributed by atoms with Crippen LogP contribution in [0.4, 0.5) is 13.2 Å². The van der Waals surface area contributed by atoms with Gasteiger partial charge >= 0.3 is 12.1 Å². The zero-order valence-electron chi connectivity index (χ0n) is 12.9. The Bertz CT molecular complexity index is 581. The highest BCUT2D eigenvalue weighted by Gasteiger charge is 2.43. The van der Waals surface area contributed by atoms with Crippen LogP contribution in [0.25, 0.3) is 0 Å². The lowest BCUT2D eigenvalue weighted by Gasteiger charge is -2.39. The number of benzene rings is 1. The van der Waals surface area contributed by atoms with Crippen molar-refractivity contribution in [2.24, 2.45) is 0 Å². The Hall–Kier alpha value is -2.09. The number of likely N-dealkylation sites (tertiary alicyclic amines) is 1.